The molecule has 0 saturated carbocycles. The van der Waals surface area contributed by atoms with Crippen LogP contribution in [0.2, 0.25) is 0 Å². The molecule has 1 N–H and O–H groups in total. The lowest BCUT2D eigenvalue weighted by atomic mass is 9.98. The summed E-state index contributed by atoms with van der Waals surface area (Å²) in [5.74, 6) is -0.00372. The average Bonchev–Trinajstić information content (AvgIpc) is 3.19. The second kappa shape index (κ2) is 11.3. The summed E-state index contributed by atoms with van der Waals surface area (Å²) < 4.78 is 17.0. The SMILES string of the molecule is C=CCOc1ccccc1CC(NC(=O)OCC1c2ccccc2-c2ccccc21)C(=O)OC(C)(C)C. The van der Waals surface area contributed by atoms with E-state index < -0.39 is 23.7 Å². The minimum Gasteiger partial charge on any atom is -0.489 e. The first-order valence-corrected chi connectivity index (χ1v) is 12.4. The van der Waals surface area contributed by atoms with Gasteiger partial charge in [0, 0.05) is 12.3 Å². The Morgan fingerprint density at radius 3 is 2.16 bits per heavy atom. The number of carbonyl (C=O) groups is 2. The van der Waals surface area contributed by atoms with E-state index in [4.69, 9.17) is 14.2 Å². The third-order valence-electron chi connectivity index (χ3n) is 6.08. The van der Waals surface area contributed by atoms with Crippen LogP contribution in [0.15, 0.2) is 85.5 Å². The third kappa shape index (κ3) is 6.39. The summed E-state index contributed by atoms with van der Waals surface area (Å²) >= 11 is 0. The summed E-state index contributed by atoms with van der Waals surface area (Å²) in [7, 11) is 0. The van der Waals surface area contributed by atoms with Gasteiger partial charge in [-0.05, 0) is 54.7 Å². The zero-order valence-electron chi connectivity index (χ0n) is 21.5. The number of carbonyl (C=O) groups excluding carboxylic acids is 2. The van der Waals surface area contributed by atoms with Crippen LogP contribution in [0.5, 0.6) is 5.75 Å². The molecule has 1 aliphatic carbocycles. The van der Waals surface area contributed by atoms with Crippen molar-refractivity contribution in [3.8, 4) is 16.9 Å². The van der Waals surface area contributed by atoms with Crippen LogP contribution in [0.3, 0.4) is 0 Å². The van der Waals surface area contributed by atoms with Crippen LogP contribution in [-0.2, 0) is 20.7 Å². The van der Waals surface area contributed by atoms with E-state index in [1.165, 1.54) is 0 Å². The number of esters is 1. The van der Waals surface area contributed by atoms with E-state index in [1.54, 1.807) is 26.8 Å². The van der Waals surface area contributed by atoms with Crippen LogP contribution in [0, 0.1) is 0 Å². The second-order valence-electron chi connectivity index (χ2n) is 9.97. The first kappa shape index (κ1) is 26.0. The molecule has 3 aromatic rings. The number of benzene rings is 3. The monoisotopic (exact) mass is 499 g/mol. The van der Waals surface area contributed by atoms with Crippen molar-refractivity contribution in [2.45, 2.75) is 44.8 Å². The zero-order chi connectivity index (χ0) is 26.4. The topological polar surface area (TPSA) is 73.9 Å². The molecule has 37 heavy (non-hydrogen) atoms. The van der Waals surface area contributed by atoms with Gasteiger partial charge < -0.3 is 19.5 Å². The lowest BCUT2D eigenvalue weighted by Gasteiger charge is -2.25. The van der Waals surface area contributed by atoms with Crippen molar-refractivity contribution in [1.82, 2.24) is 5.32 Å². The molecule has 0 bridgehead atoms. The van der Waals surface area contributed by atoms with Crippen molar-refractivity contribution >= 4 is 12.1 Å². The van der Waals surface area contributed by atoms with Gasteiger partial charge in [-0.3, -0.25) is 0 Å². The van der Waals surface area contributed by atoms with E-state index in [2.05, 4.69) is 36.2 Å². The van der Waals surface area contributed by atoms with Crippen molar-refractivity contribution in [3.63, 3.8) is 0 Å². The van der Waals surface area contributed by atoms with Crippen LogP contribution in [0.4, 0.5) is 4.79 Å². The Kier molecular flexibility index (Phi) is 7.97. The molecule has 0 radical (unpaired) electrons. The number of hydrogen-bond donors (Lipinski definition) is 1. The van der Waals surface area contributed by atoms with Crippen LogP contribution in [0.1, 0.15) is 43.4 Å². The summed E-state index contributed by atoms with van der Waals surface area (Å²) in [5.41, 5.74) is 4.59. The lowest BCUT2D eigenvalue weighted by molar-refractivity contribution is -0.157. The molecule has 3 aromatic carbocycles. The molecule has 1 unspecified atom stereocenters. The molecule has 0 aromatic heterocycles. The molecule has 0 heterocycles. The summed E-state index contributed by atoms with van der Waals surface area (Å²) in [4.78, 5) is 26.0. The summed E-state index contributed by atoms with van der Waals surface area (Å²) in [6.45, 7) is 9.53. The van der Waals surface area contributed by atoms with Crippen molar-refractivity contribution in [2.24, 2.45) is 0 Å². The lowest BCUT2D eigenvalue weighted by Crippen LogP contribution is -2.46. The van der Waals surface area contributed by atoms with E-state index in [1.807, 2.05) is 48.5 Å². The first-order valence-electron chi connectivity index (χ1n) is 12.4. The molecule has 6 heteroatoms. The van der Waals surface area contributed by atoms with Gasteiger partial charge in [0.05, 0.1) is 0 Å². The zero-order valence-corrected chi connectivity index (χ0v) is 21.5. The normalized spacial score (nSPS) is 13.2. The quantitative estimate of drug-likeness (QED) is 0.287. The standard InChI is InChI=1S/C31H33NO5/c1-5-18-35-28-17-11-6-12-21(28)19-27(29(33)37-31(2,3)4)32-30(34)36-20-26-24-15-9-7-13-22(24)23-14-8-10-16-25(23)26/h5-17,26-27H,1,18-20H2,2-4H3,(H,32,34). The van der Waals surface area contributed by atoms with E-state index in [9.17, 15) is 9.59 Å². The molecule has 0 fully saturated rings. The summed E-state index contributed by atoms with van der Waals surface area (Å²) in [6.07, 6.45) is 1.16. The summed E-state index contributed by atoms with van der Waals surface area (Å²) in [5, 5.41) is 2.73. The fourth-order valence-electron chi connectivity index (χ4n) is 4.53. The maximum Gasteiger partial charge on any atom is 0.407 e. The van der Waals surface area contributed by atoms with Crippen LogP contribution in [-0.4, -0.2) is 36.9 Å². The molecule has 0 saturated heterocycles. The Labute approximate surface area is 218 Å². The number of alkyl carbamates (subject to hydrolysis) is 1. The van der Waals surface area contributed by atoms with Crippen molar-refractivity contribution in [2.75, 3.05) is 13.2 Å². The van der Waals surface area contributed by atoms with Crippen LogP contribution in [0.25, 0.3) is 11.1 Å². The minimum atomic E-state index is -0.955. The highest BCUT2D eigenvalue weighted by atomic mass is 16.6. The van der Waals surface area contributed by atoms with E-state index >= 15 is 0 Å². The molecular formula is C31H33NO5. The van der Waals surface area contributed by atoms with E-state index in [-0.39, 0.29) is 18.9 Å². The Bertz CT molecular complexity index is 1230. The van der Waals surface area contributed by atoms with Gasteiger partial charge in [-0.1, -0.05) is 79.4 Å². The number of nitrogens with one attached hydrogen (secondary N) is 1. The molecule has 1 amide bonds. The Balaban J connectivity index is 1.49. The van der Waals surface area contributed by atoms with Gasteiger partial charge in [-0.15, -0.1) is 0 Å². The van der Waals surface area contributed by atoms with Gasteiger partial charge in [-0.25, -0.2) is 9.59 Å². The fourth-order valence-corrected chi connectivity index (χ4v) is 4.53. The maximum absolute atomic E-state index is 13.1. The van der Waals surface area contributed by atoms with Gasteiger partial charge in [-0.2, -0.15) is 0 Å². The molecule has 0 aliphatic heterocycles. The third-order valence-corrected chi connectivity index (χ3v) is 6.08. The second-order valence-corrected chi connectivity index (χ2v) is 9.97. The average molecular weight is 500 g/mol. The molecular weight excluding hydrogens is 466 g/mol. The number of ether oxygens (including phenoxy) is 3. The van der Waals surface area contributed by atoms with Gasteiger partial charge >= 0.3 is 12.1 Å². The highest BCUT2D eigenvalue weighted by Crippen LogP contribution is 2.44. The predicted octanol–water partition coefficient (Wildman–Crippen LogP) is 6.04. The number of rotatable bonds is 9. The molecule has 4 rings (SSSR count). The number of amides is 1. The smallest absolute Gasteiger partial charge is 0.407 e. The number of fused-ring (bicyclic) bond motifs is 3. The van der Waals surface area contributed by atoms with Gasteiger partial charge in [0.2, 0.25) is 0 Å². The highest BCUT2D eigenvalue weighted by molar-refractivity contribution is 5.82. The molecule has 0 spiro atoms. The van der Waals surface area contributed by atoms with Crippen LogP contribution < -0.4 is 10.1 Å². The van der Waals surface area contributed by atoms with Crippen LogP contribution >= 0.6 is 0 Å². The first-order chi connectivity index (χ1) is 17.8. The Morgan fingerprint density at radius 2 is 1.54 bits per heavy atom. The van der Waals surface area contributed by atoms with Gasteiger partial charge in [0.15, 0.2) is 0 Å². The molecule has 1 atom stereocenters. The fraction of sp³-hybridized carbons (Fsp3) is 0.290. The minimum absolute atomic E-state index is 0.0776. The maximum atomic E-state index is 13.1. The van der Waals surface area contributed by atoms with Gasteiger partial charge in [0.25, 0.3) is 0 Å². The summed E-state index contributed by atoms with van der Waals surface area (Å²) in [6, 6.07) is 22.7. The van der Waals surface area contributed by atoms with Crippen molar-refractivity contribution in [1.29, 1.82) is 0 Å². The van der Waals surface area contributed by atoms with Gasteiger partial charge in [0.1, 0.15) is 30.6 Å². The Hall–Kier alpha value is -4.06. The van der Waals surface area contributed by atoms with E-state index in [0.717, 1.165) is 27.8 Å². The number of hydrogen-bond acceptors (Lipinski definition) is 5. The largest absolute Gasteiger partial charge is 0.489 e. The highest BCUT2D eigenvalue weighted by Gasteiger charge is 2.31. The number of para-hydroxylation sites is 1. The molecule has 6 nitrogen and oxygen atoms in total. The van der Waals surface area contributed by atoms with Crippen molar-refractivity contribution in [3.05, 3.63) is 102 Å². The predicted molar refractivity (Wildman–Crippen MR) is 144 cm³/mol. The van der Waals surface area contributed by atoms with Crippen molar-refractivity contribution < 1.29 is 23.8 Å². The van der Waals surface area contributed by atoms with E-state index in [0.29, 0.717) is 12.4 Å². The Morgan fingerprint density at radius 1 is 0.946 bits per heavy atom. The molecule has 192 valence electrons. The molecule has 1 aliphatic rings.